The van der Waals surface area contributed by atoms with Crippen molar-refractivity contribution in [1.82, 2.24) is 0 Å². The van der Waals surface area contributed by atoms with Crippen LogP contribution >= 0.6 is 0 Å². The fraction of sp³-hybridized carbons (Fsp3) is 0.105. The number of fused-ring (bicyclic) bond motifs is 2. The lowest BCUT2D eigenvalue weighted by Crippen LogP contribution is -2.05. The number of anilines is 1. The predicted octanol–water partition coefficient (Wildman–Crippen LogP) is 4.07. The minimum Gasteiger partial charge on any atom is -0.487 e. The van der Waals surface area contributed by atoms with E-state index >= 15 is 0 Å². The molecule has 2 aromatic carbocycles. The Morgan fingerprint density at radius 1 is 1.14 bits per heavy atom. The number of ether oxygens (including phenoxy) is 1. The summed E-state index contributed by atoms with van der Waals surface area (Å²) in [7, 11) is 0. The van der Waals surface area contributed by atoms with Crippen LogP contribution in [0, 0.1) is 0 Å². The molecule has 0 saturated carbocycles. The van der Waals surface area contributed by atoms with Crippen molar-refractivity contribution >= 4 is 29.0 Å². The van der Waals surface area contributed by atoms with Gasteiger partial charge in [0.2, 0.25) is 0 Å². The van der Waals surface area contributed by atoms with E-state index in [-0.39, 0.29) is 5.91 Å². The maximum absolute atomic E-state index is 12.3. The minimum atomic E-state index is -0.0958. The van der Waals surface area contributed by atoms with E-state index in [1.54, 1.807) is 0 Å². The largest absolute Gasteiger partial charge is 0.487 e. The van der Waals surface area contributed by atoms with Gasteiger partial charge in [-0.2, -0.15) is 0 Å². The molecule has 22 heavy (non-hydrogen) atoms. The molecule has 1 amide bonds. The van der Waals surface area contributed by atoms with Gasteiger partial charge in [0.05, 0.1) is 5.57 Å². The number of hydrogen-bond acceptors (Lipinski definition) is 2. The quantitative estimate of drug-likeness (QED) is 0.804. The van der Waals surface area contributed by atoms with Crippen molar-refractivity contribution in [3.63, 3.8) is 0 Å². The maximum Gasteiger partial charge on any atom is 0.260 e. The summed E-state index contributed by atoms with van der Waals surface area (Å²) < 4.78 is 5.86. The summed E-state index contributed by atoms with van der Waals surface area (Å²) in [5.41, 5.74) is 5.66. The number of carbonyl (C=O) groups excluding carboxylic acids is 1. The second kappa shape index (κ2) is 4.88. The third-order valence-electron chi connectivity index (χ3n) is 4.00. The molecule has 3 heteroatoms. The molecule has 0 atom stereocenters. The van der Waals surface area contributed by atoms with Crippen LogP contribution < -0.4 is 5.32 Å². The zero-order chi connectivity index (χ0) is 15.1. The molecular weight excluding hydrogens is 274 g/mol. The number of hydrogen-bond donors (Lipinski definition) is 1. The van der Waals surface area contributed by atoms with E-state index in [4.69, 9.17) is 4.74 Å². The monoisotopic (exact) mass is 289 g/mol. The standard InChI is InChI=1S/C19H15NO2/c1-2-5-12-8-9-14-13(10-12)11-22-18(14)17-15-6-3-4-7-16(15)20-19(17)21/h2-10H,11H2,1H3,(H,20,21)/b5-2+,18-17+. The molecule has 0 bridgehead atoms. The Bertz CT molecular complexity index is 846. The number of amides is 1. The highest BCUT2D eigenvalue weighted by atomic mass is 16.5. The van der Waals surface area contributed by atoms with Gasteiger partial charge in [-0.3, -0.25) is 4.79 Å². The van der Waals surface area contributed by atoms with E-state index in [1.165, 1.54) is 0 Å². The van der Waals surface area contributed by atoms with Crippen LogP contribution in [0.3, 0.4) is 0 Å². The van der Waals surface area contributed by atoms with Gasteiger partial charge in [0.15, 0.2) is 0 Å². The number of benzene rings is 2. The third kappa shape index (κ3) is 1.86. The lowest BCUT2D eigenvalue weighted by atomic mass is 9.99. The maximum atomic E-state index is 12.3. The zero-order valence-electron chi connectivity index (χ0n) is 12.2. The Morgan fingerprint density at radius 2 is 2.00 bits per heavy atom. The van der Waals surface area contributed by atoms with E-state index in [1.807, 2.05) is 49.4 Å². The number of carbonyl (C=O) groups is 1. The Labute approximate surface area is 128 Å². The number of nitrogens with one attached hydrogen (secondary N) is 1. The van der Waals surface area contributed by atoms with Crippen LogP contribution in [0.2, 0.25) is 0 Å². The summed E-state index contributed by atoms with van der Waals surface area (Å²) in [5, 5.41) is 2.90. The Morgan fingerprint density at radius 3 is 2.86 bits per heavy atom. The summed E-state index contributed by atoms with van der Waals surface area (Å²) in [6, 6.07) is 13.9. The van der Waals surface area contributed by atoms with Crippen molar-refractivity contribution < 1.29 is 9.53 Å². The summed E-state index contributed by atoms with van der Waals surface area (Å²) in [6.07, 6.45) is 4.07. The van der Waals surface area contributed by atoms with E-state index in [0.717, 1.165) is 27.9 Å². The molecule has 4 rings (SSSR count). The van der Waals surface area contributed by atoms with Crippen molar-refractivity contribution in [2.45, 2.75) is 13.5 Å². The molecule has 108 valence electrons. The molecule has 0 aliphatic carbocycles. The molecule has 1 N–H and O–H groups in total. The van der Waals surface area contributed by atoms with E-state index in [9.17, 15) is 4.79 Å². The number of para-hydroxylation sites is 1. The van der Waals surface area contributed by atoms with E-state index in [2.05, 4.69) is 17.5 Å². The molecule has 0 saturated heterocycles. The van der Waals surface area contributed by atoms with E-state index < -0.39 is 0 Å². The summed E-state index contributed by atoms with van der Waals surface area (Å²) in [6.45, 7) is 2.51. The Kier molecular flexibility index (Phi) is 2.86. The lowest BCUT2D eigenvalue weighted by molar-refractivity contribution is -0.110. The first-order valence-electron chi connectivity index (χ1n) is 7.32. The molecule has 0 aromatic heterocycles. The fourth-order valence-corrected chi connectivity index (χ4v) is 3.03. The average molecular weight is 289 g/mol. The first kappa shape index (κ1) is 12.9. The second-order valence-corrected chi connectivity index (χ2v) is 5.41. The first-order valence-corrected chi connectivity index (χ1v) is 7.32. The summed E-state index contributed by atoms with van der Waals surface area (Å²) in [4.78, 5) is 12.3. The van der Waals surface area contributed by atoms with Crippen LogP contribution in [0.5, 0.6) is 0 Å². The third-order valence-corrected chi connectivity index (χ3v) is 4.00. The normalized spacial score (nSPS) is 19.0. The lowest BCUT2D eigenvalue weighted by Gasteiger charge is -2.05. The highest BCUT2D eigenvalue weighted by Gasteiger charge is 2.32. The number of rotatable bonds is 1. The topological polar surface area (TPSA) is 38.3 Å². The van der Waals surface area contributed by atoms with Crippen LogP contribution in [0.15, 0.2) is 48.5 Å². The minimum absolute atomic E-state index is 0.0958. The molecule has 0 radical (unpaired) electrons. The molecule has 0 spiro atoms. The smallest absolute Gasteiger partial charge is 0.260 e. The van der Waals surface area contributed by atoms with Gasteiger partial charge in [-0.15, -0.1) is 0 Å². The number of allylic oxidation sites excluding steroid dienone is 1. The Balaban J connectivity index is 1.88. The van der Waals surface area contributed by atoms with Crippen LogP contribution in [0.25, 0.3) is 17.4 Å². The first-order chi connectivity index (χ1) is 10.8. The summed E-state index contributed by atoms with van der Waals surface area (Å²) in [5.74, 6) is 0.589. The van der Waals surface area contributed by atoms with Gasteiger partial charge in [-0.1, -0.05) is 42.5 Å². The molecule has 0 unspecified atom stereocenters. The van der Waals surface area contributed by atoms with Crippen LogP contribution in [0.1, 0.15) is 29.2 Å². The molecular formula is C19H15NO2. The Hall–Kier alpha value is -2.81. The molecule has 2 aliphatic rings. The SMILES string of the molecule is C/C=C/c1ccc2c(c1)CO/C2=C1/C(=O)Nc2ccccc21. The van der Waals surface area contributed by atoms with Gasteiger partial charge in [-0.25, -0.2) is 0 Å². The molecule has 2 aliphatic heterocycles. The van der Waals surface area contributed by atoms with Gasteiger partial charge in [0.25, 0.3) is 5.91 Å². The van der Waals surface area contributed by atoms with Gasteiger partial charge in [0, 0.05) is 22.4 Å². The molecule has 2 heterocycles. The fourth-order valence-electron chi connectivity index (χ4n) is 3.03. The van der Waals surface area contributed by atoms with Crippen LogP contribution in [-0.2, 0) is 16.1 Å². The van der Waals surface area contributed by atoms with Gasteiger partial charge in [-0.05, 0) is 24.6 Å². The van der Waals surface area contributed by atoms with Crippen LogP contribution in [-0.4, -0.2) is 5.91 Å². The predicted molar refractivity (Wildman–Crippen MR) is 87.8 cm³/mol. The second-order valence-electron chi connectivity index (χ2n) is 5.41. The van der Waals surface area contributed by atoms with Crippen molar-refractivity contribution in [1.29, 1.82) is 0 Å². The highest BCUT2D eigenvalue weighted by Crippen LogP contribution is 2.41. The van der Waals surface area contributed by atoms with Gasteiger partial charge >= 0.3 is 0 Å². The van der Waals surface area contributed by atoms with Gasteiger partial charge < -0.3 is 10.1 Å². The zero-order valence-corrected chi connectivity index (χ0v) is 12.2. The average Bonchev–Trinajstić information content (AvgIpc) is 3.07. The van der Waals surface area contributed by atoms with E-state index in [0.29, 0.717) is 17.9 Å². The van der Waals surface area contributed by atoms with Crippen molar-refractivity contribution in [3.8, 4) is 0 Å². The molecule has 3 nitrogen and oxygen atoms in total. The summed E-state index contributed by atoms with van der Waals surface area (Å²) >= 11 is 0. The van der Waals surface area contributed by atoms with Crippen molar-refractivity contribution in [2.24, 2.45) is 0 Å². The van der Waals surface area contributed by atoms with Gasteiger partial charge in [0.1, 0.15) is 12.4 Å². The van der Waals surface area contributed by atoms with Crippen molar-refractivity contribution in [3.05, 3.63) is 70.8 Å². The molecule has 2 aromatic rings. The van der Waals surface area contributed by atoms with Crippen molar-refractivity contribution in [2.75, 3.05) is 5.32 Å². The van der Waals surface area contributed by atoms with Crippen LogP contribution in [0.4, 0.5) is 5.69 Å². The molecule has 0 fully saturated rings. The highest BCUT2D eigenvalue weighted by molar-refractivity contribution is 6.36.